The SMILES string of the molecule is Cc1cc(Br)c2oc(-c3cccnc3)nc2c1. The van der Waals surface area contributed by atoms with Crippen LogP contribution < -0.4 is 0 Å². The third kappa shape index (κ3) is 1.85. The molecule has 0 aliphatic carbocycles. The van der Waals surface area contributed by atoms with E-state index in [-0.39, 0.29) is 0 Å². The van der Waals surface area contributed by atoms with E-state index in [2.05, 4.69) is 25.9 Å². The van der Waals surface area contributed by atoms with Crippen LogP contribution in [0.1, 0.15) is 5.56 Å². The third-order valence-electron chi connectivity index (χ3n) is 2.50. The maximum absolute atomic E-state index is 5.74. The molecule has 84 valence electrons. The van der Waals surface area contributed by atoms with Crippen LogP contribution in [-0.2, 0) is 0 Å². The minimum atomic E-state index is 0.597. The average Bonchev–Trinajstić information content (AvgIpc) is 2.74. The molecular formula is C13H9BrN2O. The van der Waals surface area contributed by atoms with Crippen LogP contribution in [0.15, 0.2) is 45.5 Å². The molecule has 2 heterocycles. The van der Waals surface area contributed by atoms with Crippen molar-refractivity contribution in [3.8, 4) is 11.5 Å². The number of benzene rings is 1. The molecule has 0 radical (unpaired) electrons. The second-order valence-electron chi connectivity index (χ2n) is 3.86. The van der Waals surface area contributed by atoms with Gasteiger partial charge in [0.2, 0.25) is 5.89 Å². The summed E-state index contributed by atoms with van der Waals surface area (Å²) in [5.41, 5.74) is 3.66. The molecule has 4 heteroatoms. The number of nitrogens with zero attached hydrogens (tertiary/aromatic N) is 2. The molecule has 0 bridgehead atoms. The fourth-order valence-corrected chi connectivity index (χ4v) is 2.38. The van der Waals surface area contributed by atoms with Gasteiger partial charge in [0, 0.05) is 12.4 Å². The van der Waals surface area contributed by atoms with Gasteiger partial charge in [-0.15, -0.1) is 0 Å². The monoisotopic (exact) mass is 288 g/mol. The topological polar surface area (TPSA) is 38.9 Å². The van der Waals surface area contributed by atoms with Crippen LogP contribution in [-0.4, -0.2) is 9.97 Å². The molecule has 0 saturated carbocycles. The van der Waals surface area contributed by atoms with Crippen LogP contribution in [0, 0.1) is 6.92 Å². The molecular weight excluding hydrogens is 280 g/mol. The summed E-state index contributed by atoms with van der Waals surface area (Å²) in [5.74, 6) is 0.597. The Hall–Kier alpha value is -1.68. The number of hydrogen-bond acceptors (Lipinski definition) is 3. The fourth-order valence-electron chi connectivity index (χ4n) is 1.74. The van der Waals surface area contributed by atoms with Crippen molar-refractivity contribution in [1.29, 1.82) is 0 Å². The van der Waals surface area contributed by atoms with Gasteiger partial charge in [-0.05, 0) is 52.7 Å². The van der Waals surface area contributed by atoms with Crippen LogP contribution in [0.2, 0.25) is 0 Å². The van der Waals surface area contributed by atoms with Gasteiger partial charge in [0.15, 0.2) is 5.58 Å². The van der Waals surface area contributed by atoms with Gasteiger partial charge in [-0.3, -0.25) is 4.98 Å². The van der Waals surface area contributed by atoms with Gasteiger partial charge in [-0.25, -0.2) is 4.98 Å². The van der Waals surface area contributed by atoms with Crippen molar-refractivity contribution < 1.29 is 4.42 Å². The van der Waals surface area contributed by atoms with E-state index < -0.39 is 0 Å². The number of hydrogen-bond donors (Lipinski definition) is 0. The van der Waals surface area contributed by atoms with Gasteiger partial charge in [0.1, 0.15) is 5.52 Å². The number of oxazole rings is 1. The zero-order valence-corrected chi connectivity index (χ0v) is 10.7. The van der Waals surface area contributed by atoms with Gasteiger partial charge >= 0.3 is 0 Å². The zero-order valence-electron chi connectivity index (χ0n) is 9.14. The van der Waals surface area contributed by atoms with Crippen LogP contribution in [0.3, 0.4) is 0 Å². The third-order valence-corrected chi connectivity index (χ3v) is 3.09. The molecule has 0 N–H and O–H groups in total. The molecule has 0 aliphatic rings. The second kappa shape index (κ2) is 3.96. The maximum atomic E-state index is 5.74. The molecule has 0 fully saturated rings. The fraction of sp³-hybridized carbons (Fsp3) is 0.0769. The lowest BCUT2D eigenvalue weighted by Gasteiger charge is -1.93. The molecule has 0 unspecified atom stereocenters. The summed E-state index contributed by atoms with van der Waals surface area (Å²) in [7, 11) is 0. The van der Waals surface area contributed by atoms with Crippen molar-refractivity contribution in [2.75, 3.05) is 0 Å². The highest BCUT2D eigenvalue weighted by Gasteiger charge is 2.11. The molecule has 17 heavy (non-hydrogen) atoms. The Morgan fingerprint density at radius 1 is 1.29 bits per heavy atom. The predicted octanol–water partition coefficient (Wildman–Crippen LogP) is 3.96. The number of aryl methyl sites for hydroxylation is 1. The lowest BCUT2D eigenvalue weighted by atomic mass is 10.2. The molecule has 0 atom stereocenters. The molecule has 1 aromatic carbocycles. The summed E-state index contributed by atoms with van der Waals surface area (Å²) >= 11 is 3.48. The Kier molecular flexibility index (Phi) is 2.44. The molecule has 0 amide bonds. The zero-order chi connectivity index (χ0) is 11.8. The first-order valence-corrected chi connectivity index (χ1v) is 6.00. The number of rotatable bonds is 1. The lowest BCUT2D eigenvalue weighted by Crippen LogP contribution is -1.77. The van der Waals surface area contributed by atoms with E-state index in [0.29, 0.717) is 5.89 Å². The van der Waals surface area contributed by atoms with Crippen molar-refractivity contribution in [2.45, 2.75) is 6.92 Å². The summed E-state index contributed by atoms with van der Waals surface area (Å²) in [5, 5.41) is 0. The van der Waals surface area contributed by atoms with Gasteiger partial charge in [-0.1, -0.05) is 0 Å². The summed E-state index contributed by atoms with van der Waals surface area (Å²) in [6.07, 6.45) is 3.47. The summed E-state index contributed by atoms with van der Waals surface area (Å²) < 4.78 is 6.67. The van der Waals surface area contributed by atoms with E-state index in [9.17, 15) is 0 Å². The first-order valence-electron chi connectivity index (χ1n) is 5.21. The molecule has 3 nitrogen and oxygen atoms in total. The van der Waals surface area contributed by atoms with Crippen LogP contribution in [0.5, 0.6) is 0 Å². The van der Waals surface area contributed by atoms with Gasteiger partial charge < -0.3 is 4.42 Å². The van der Waals surface area contributed by atoms with E-state index in [1.54, 1.807) is 12.4 Å². The van der Waals surface area contributed by atoms with Gasteiger partial charge in [0.25, 0.3) is 0 Å². The van der Waals surface area contributed by atoms with Gasteiger partial charge in [-0.2, -0.15) is 0 Å². The van der Waals surface area contributed by atoms with E-state index >= 15 is 0 Å². The molecule has 3 rings (SSSR count). The minimum Gasteiger partial charge on any atom is -0.435 e. The number of fused-ring (bicyclic) bond motifs is 1. The van der Waals surface area contributed by atoms with E-state index in [0.717, 1.165) is 26.7 Å². The largest absolute Gasteiger partial charge is 0.435 e. The average molecular weight is 289 g/mol. The first kappa shape index (κ1) is 10.5. The standard InChI is InChI=1S/C13H9BrN2O/c1-8-5-10(14)12-11(6-8)16-13(17-12)9-3-2-4-15-7-9/h2-7H,1H3. The molecule has 0 aliphatic heterocycles. The maximum Gasteiger partial charge on any atom is 0.228 e. The van der Waals surface area contributed by atoms with Crippen LogP contribution >= 0.6 is 15.9 Å². The van der Waals surface area contributed by atoms with E-state index in [4.69, 9.17) is 4.42 Å². The second-order valence-corrected chi connectivity index (χ2v) is 4.71. The molecule has 3 aromatic rings. The van der Waals surface area contributed by atoms with Crippen LogP contribution in [0.4, 0.5) is 0 Å². The normalized spacial score (nSPS) is 10.9. The highest BCUT2D eigenvalue weighted by molar-refractivity contribution is 9.10. The molecule has 0 saturated heterocycles. The first-order chi connectivity index (χ1) is 8.24. The highest BCUT2D eigenvalue weighted by atomic mass is 79.9. The van der Waals surface area contributed by atoms with Crippen molar-refractivity contribution in [2.24, 2.45) is 0 Å². The number of halogens is 1. The smallest absolute Gasteiger partial charge is 0.228 e. The summed E-state index contributed by atoms with van der Waals surface area (Å²) in [4.78, 5) is 8.53. The van der Waals surface area contributed by atoms with Gasteiger partial charge in [0.05, 0.1) is 10.0 Å². The Balaban J connectivity index is 2.24. The van der Waals surface area contributed by atoms with Crippen molar-refractivity contribution in [3.63, 3.8) is 0 Å². The lowest BCUT2D eigenvalue weighted by molar-refractivity contribution is 0.617. The van der Waals surface area contributed by atoms with Crippen molar-refractivity contribution in [1.82, 2.24) is 9.97 Å². The van der Waals surface area contributed by atoms with E-state index in [1.807, 2.05) is 31.2 Å². The summed E-state index contributed by atoms with van der Waals surface area (Å²) in [6, 6.07) is 7.81. The Labute approximate surface area is 107 Å². The Bertz CT molecular complexity index is 676. The quantitative estimate of drug-likeness (QED) is 0.680. The van der Waals surface area contributed by atoms with Crippen LogP contribution in [0.25, 0.3) is 22.6 Å². The highest BCUT2D eigenvalue weighted by Crippen LogP contribution is 2.30. The van der Waals surface area contributed by atoms with Crippen molar-refractivity contribution in [3.05, 3.63) is 46.7 Å². The molecule has 2 aromatic heterocycles. The minimum absolute atomic E-state index is 0.597. The van der Waals surface area contributed by atoms with Crippen molar-refractivity contribution >= 4 is 27.0 Å². The Morgan fingerprint density at radius 3 is 2.94 bits per heavy atom. The predicted molar refractivity (Wildman–Crippen MR) is 69.7 cm³/mol. The molecule has 0 spiro atoms. The number of aromatic nitrogens is 2. The summed E-state index contributed by atoms with van der Waals surface area (Å²) in [6.45, 7) is 2.03. The Morgan fingerprint density at radius 2 is 2.18 bits per heavy atom. The van der Waals surface area contributed by atoms with E-state index in [1.165, 1.54) is 0 Å². The number of pyridine rings is 1.